The Morgan fingerprint density at radius 1 is 1.05 bits per heavy atom. The van der Waals surface area contributed by atoms with Gasteiger partial charge in [0, 0.05) is 31.6 Å². The third kappa shape index (κ3) is 8.76. The lowest BCUT2D eigenvalue weighted by atomic mass is 9.96. The molecular weight excluding hydrogens is 559 g/mol. The van der Waals surface area contributed by atoms with E-state index in [0.29, 0.717) is 50.0 Å². The highest BCUT2D eigenvalue weighted by molar-refractivity contribution is 7.88. The van der Waals surface area contributed by atoms with Crippen molar-refractivity contribution in [3.05, 3.63) is 71.3 Å². The topological polar surface area (TPSA) is 96.0 Å². The van der Waals surface area contributed by atoms with Crippen LogP contribution in [-0.4, -0.2) is 81.6 Å². The minimum Gasteiger partial charge on any atom is -0.462 e. The van der Waals surface area contributed by atoms with Gasteiger partial charge in [0.25, 0.3) is 0 Å². The number of carbonyl (C=O) groups is 2. The van der Waals surface area contributed by atoms with Gasteiger partial charge in [0.1, 0.15) is 0 Å². The number of likely N-dealkylation sites (tertiary alicyclic amines) is 1. The van der Waals surface area contributed by atoms with Crippen molar-refractivity contribution in [3.8, 4) is 0 Å². The summed E-state index contributed by atoms with van der Waals surface area (Å²) < 4.78 is 72.8. The van der Waals surface area contributed by atoms with Gasteiger partial charge >= 0.3 is 18.1 Å². The highest BCUT2D eigenvalue weighted by Crippen LogP contribution is 2.46. The van der Waals surface area contributed by atoms with Crippen molar-refractivity contribution in [3.63, 3.8) is 0 Å². The molecule has 1 saturated heterocycles. The molecule has 2 aliphatic rings. The number of esters is 1. The molecule has 8 nitrogen and oxygen atoms in total. The summed E-state index contributed by atoms with van der Waals surface area (Å²) >= 11 is 0. The van der Waals surface area contributed by atoms with Crippen molar-refractivity contribution in [2.45, 2.75) is 50.1 Å². The van der Waals surface area contributed by atoms with Gasteiger partial charge in [-0.25, -0.2) is 17.9 Å². The molecule has 2 fully saturated rings. The van der Waals surface area contributed by atoms with Gasteiger partial charge in [-0.3, -0.25) is 4.79 Å². The van der Waals surface area contributed by atoms with Crippen molar-refractivity contribution in [1.82, 2.24) is 14.5 Å². The van der Waals surface area contributed by atoms with E-state index >= 15 is 0 Å². The standard InChI is InChI=1S/C29H36F3N3O5S/c1-2-40-27(36)24-10-8-22(9-11-24)20-41(38,39)33-14-17-34-15-12-21(13-16-34)19-35(28(37)29(30,31)32)26-18-25(26)23-6-4-3-5-7-23/h3-11,21,25-26,33H,2,12-20H2,1H3. The van der Waals surface area contributed by atoms with E-state index in [0.717, 1.165) is 10.5 Å². The fourth-order valence-electron chi connectivity index (χ4n) is 5.37. The van der Waals surface area contributed by atoms with Gasteiger partial charge in [0.15, 0.2) is 0 Å². The summed E-state index contributed by atoms with van der Waals surface area (Å²) in [5.41, 5.74) is 1.83. The summed E-state index contributed by atoms with van der Waals surface area (Å²) in [4.78, 5) is 27.2. The number of nitrogens with one attached hydrogen (secondary N) is 1. The van der Waals surface area contributed by atoms with Crippen LogP contribution in [0, 0.1) is 5.92 Å². The van der Waals surface area contributed by atoms with Gasteiger partial charge in [0.2, 0.25) is 10.0 Å². The zero-order valence-corrected chi connectivity index (χ0v) is 23.8. The molecule has 0 aromatic heterocycles. The molecule has 0 bridgehead atoms. The van der Waals surface area contributed by atoms with Gasteiger partial charge in [-0.05, 0) is 68.5 Å². The maximum Gasteiger partial charge on any atom is 0.471 e. The summed E-state index contributed by atoms with van der Waals surface area (Å²) in [6, 6.07) is 15.1. The molecular formula is C29H36F3N3O5S. The summed E-state index contributed by atoms with van der Waals surface area (Å²) in [5.74, 6) is -2.59. The van der Waals surface area contributed by atoms with Crippen LogP contribution < -0.4 is 4.72 Å². The normalized spacial score (nSPS) is 20.0. The lowest BCUT2D eigenvalue weighted by Gasteiger charge is -2.35. The van der Waals surface area contributed by atoms with Gasteiger partial charge < -0.3 is 14.5 Å². The van der Waals surface area contributed by atoms with Crippen molar-refractivity contribution in [2.75, 3.05) is 39.3 Å². The van der Waals surface area contributed by atoms with E-state index < -0.39 is 34.1 Å². The number of sulfonamides is 1. The number of hydrogen-bond acceptors (Lipinski definition) is 6. The number of alkyl halides is 3. The number of rotatable bonds is 12. The first kappa shape index (κ1) is 31.0. The van der Waals surface area contributed by atoms with Crippen LogP contribution >= 0.6 is 0 Å². The van der Waals surface area contributed by atoms with Crippen LogP contribution in [0.25, 0.3) is 0 Å². The molecule has 1 amide bonds. The smallest absolute Gasteiger partial charge is 0.462 e. The number of carbonyl (C=O) groups excluding carboxylic acids is 2. The van der Waals surface area contributed by atoms with Crippen LogP contribution in [0.15, 0.2) is 54.6 Å². The molecule has 2 aromatic rings. The van der Waals surface area contributed by atoms with Crippen LogP contribution in [0.4, 0.5) is 13.2 Å². The van der Waals surface area contributed by atoms with E-state index in [1.54, 1.807) is 19.1 Å². The number of halogens is 3. The Kier molecular flexibility index (Phi) is 10.1. The molecule has 41 heavy (non-hydrogen) atoms. The molecule has 12 heteroatoms. The second kappa shape index (κ2) is 13.3. The zero-order valence-electron chi connectivity index (χ0n) is 23.0. The zero-order chi connectivity index (χ0) is 29.6. The minimum absolute atomic E-state index is 0.0520. The van der Waals surface area contributed by atoms with Gasteiger partial charge in [-0.1, -0.05) is 42.5 Å². The van der Waals surface area contributed by atoms with Crippen LogP contribution in [0.2, 0.25) is 0 Å². The number of piperidine rings is 1. The summed E-state index contributed by atoms with van der Waals surface area (Å²) in [7, 11) is -3.60. The first-order valence-corrected chi connectivity index (χ1v) is 15.5. The van der Waals surface area contributed by atoms with E-state index in [9.17, 15) is 31.2 Å². The third-order valence-corrected chi connectivity index (χ3v) is 8.98. The molecule has 1 aliphatic carbocycles. The Bertz CT molecular complexity index is 1280. The number of ether oxygens (including phenoxy) is 1. The predicted molar refractivity (Wildman–Crippen MR) is 148 cm³/mol. The van der Waals surface area contributed by atoms with Crippen LogP contribution in [0.3, 0.4) is 0 Å². The number of amides is 1. The van der Waals surface area contributed by atoms with Gasteiger partial charge in [0.05, 0.1) is 17.9 Å². The van der Waals surface area contributed by atoms with E-state index in [2.05, 4.69) is 9.62 Å². The Morgan fingerprint density at radius 2 is 1.71 bits per heavy atom. The maximum atomic E-state index is 13.4. The highest BCUT2D eigenvalue weighted by atomic mass is 32.2. The van der Waals surface area contributed by atoms with Crippen molar-refractivity contribution < 1.29 is 35.9 Å². The second-order valence-electron chi connectivity index (χ2n) is 10.6. The molecule has 1 heterocycles. The van der Waals surface area contributed by atoms with E-state index in [1.807, 2.05) is 30.3 Å². The highest BCUT2D eigenvalue weighted by Gasteiger charge is 2.52. The Morgan fingerprint density at radius 3 is 2.32 bits per heavy atom. The number of nitrogens with zero attached hydrogens (tertiary/aromatic N) is 2. The minimum atomic E-state index is -4.91. The predicted octanol–water partition coefficient (Wildman–Crippen LogP) is 3.94. The van der Waals surface area contributed by atoms with E-state index in [4.69, 9.17) is 4.74 Å². The van der Waals surface area contributed by atoms with Crippen LogP contribution in [0.5, 0.6) is 0 Å². The summed E-state index contributed by atoms with van der Waals surface area (Å²) in [6.07, 6.45) is -3.13. The average Bonchev–Trinajstić information content (AvgIpc) is 3.73. The summed E-state index contributed by atoms with van der Waals surface area (Å²) in [5, 5.41) is 0. The molecule has 0 radical (unpaired) electrons. The van der Waals surface area contributed by atoms with E-state index in [1.165, 1.54) is 12.1 Å². The lowest BCUT2D eigenvalue weighted by molar-refractivity contribution is -0.187. The number of benzene rings is 2. The largest absolute Gasteiger partial charge is 0.471 e. The van der Waals surface area contributed by atoms with E-state index in [-0.39, 0.29) is 37.3 Å². The molecule has 224 valence electrons. The average molecular weight is 596 g/mol. The molecule has 1 aliphatic heterocycles. The molecule has 0 spiro atoms. The molecule has 2 unspecified atom stereocenters. The first-order valence-electron chi connectivity index (χ1n) is 13.9. The van der Waals surface area contributed by atoms with Crippen molar-refractivity contribution in [1.29, 1.82) is 0 Å². The van der Waals surface area contributed by atoms with Crippen molar-refractivity contribution in [2.24, 2.45) is 5.92 Å². The van der Waals surface area contributed by atoms with Gasteiger partial charge in [-0.2, -0.15) is 13.2 Å². The fourth-order valence-corrected chi connectivity index (χ4v) is 6.50. The quantitative estimate of drug-likeness (QED) is 0.374. The molecule has 2 aromatic carbocycles. The number of hydrogen-bond donors (Lipinski definition) is 1. The van der Waals surface area contributed by atoms with Crippen molar-refractivity contribution >= 4 is 21.9 Å². The second-order valence-corrected chi connectivity index (χ2v) is 12.4. The SMILES string of the molecule is CCOC(=O)c1ccc(CS(=O)(=O)NCCN2CCC(CN(C(=O)C(F)(F)F)C3CC3c3ccccc3)CC2)cc1. The maximum absolute atomic E-state index is 13.4. The monoisotopic (exact) mass is 595 g/mol. The Hall–Kier alpha value is -2.96. The third-order valence-electron chi connectivity index (χ3n) is 7.62. The molecule has 1 saturated carbocycles. The molecule has 1 N–H and O–H groups in total. The van der Waals surface area contributed by atoms with Gasteiger partial charge in [-0.15, -0.1) is 0 Å². The lowest BCUT2D eigenvalue weighted by Crippen LogP contribution is -2.47. The first-order chi connectivity index (χ1) is 19.5. The van der Waals surface area contributed by atoms with Crippen LogP contribution in [0.1, 0.15) is 53.6 Å². The molecule has 4 rings (SSSR count). The summed E-state index contributed by atoms with van der Waals surface area (Å²) in [6.45, 7) is 3.93. The fraction of sp³-hybridized carbons (Fsp3) is 0.517. The Labute approximate surface area is 238 Å². The van der Waals surface area contributed by atoms with Crippen LogP contribution in [-0.2, 0) is 25.3 Å². The molecule has 2 atom stereocenters. The Balaban J connectivity index is 1.22.